The largest absolute Gasteiger partial charge is 0.411 e. The molecule has 1 rings (SSSR count). The summed E-state index contributed by atoms with van der Waals surface area (Å²) in [7, 11) is 0. The molecule has 25 heavy (non-hydrogen) atoms. The van der Waals surface area contributed by atoms with E-state index in [2.05, 4.69) is 19.6 Å². The fourth-order valence-corrected chi connectivity index (χ4v) is 2.84. The molecule has 0 N–H and O–H groups in total. The highest BCUT2D eigenvalue weighted by Gasteiger charge is 2.33. The molecule has 0 aromatic heterocycles. The van der Waals surface area contributed by atoms with Crippen LogP contribution in [0.5, 0.6) is 5.75 Å². The Balaban J connectivity index is 3.42. The quantitative estimate of drug-likeness (QED) is 0.207. The summed E-state index contributed by atoms with van der Waals surface area (Å²) in [5.74, 6) is -0.492. The van der Waals surface area contributed by atoms with Crippen molar-refractivity contribution in [3.05, 3.63) is 37.4 Å². The van der Waals surface area contributed by atoms with Crippen LogP contribution >= 0.6 is 12.6 Å². The zero-order valence-electron chi connectivity index (χ0n) is 14.5. The number of thiol groups is 1. The van der Waals surface area contributed by atoms with E-state index in [0.717, 1.165) is 25.7 Å². The van der Waals surface area contributed by atoms with E-state index >= 15 is 0 Å². The van der Waals surface area contributed by atoms with Crippen LogP contribution < -0.4 is 4.74 Å². The molecule has 1 aromatic rings. The third-order valence-corrected chi connectivity index (χ3v) is 4.19. The Morgan fingerprint density at radius 1 is 1.24 bits per heavy atom. The zero-order valence-corrected chi connectivity index (χ0v) is 15.4. The van der Waals surface area contributed by atoms with Gasteiger partial charge in [0, 0.05) is 11.6 Å². The number of carbonyl (C=O) groups is 1. The Morgan fingerprint density at radius 2 is 1.88 bits per heavy atom. The van der Waals surface area contributed by atoms with E-state index in [1.54, 1.807) is 6.92 Å². The summed E-state index contributed by atoms with van der Waals surface area (Å²) < 4.78 is 4.96. The number of nitro groups is 2. The fraction of sp³-hybridized carbons (Fsp3) is 0.562. The van der Waals surface area contributed by atoms with E-state index in [1.165, 1.54) is 13.0 Å². The summed E-state index contributed by atoms with van der Waals surface area (Å²) in [6.45, 7) is 5.15. The number of hydrogen-bond donors (Lipinski definition) is 1. The first-order valence-corrected chi connectivity index (χ1v) is 8.52. The Kier molecular flexibility index (Phi) is 7.82. The van der Waals surface area contributed by atoms with Crippen LogP contribution in [0.1, 0.15) is 63.0 Å². The van der Waals surface area contributed by atoms with E-state index < -0.39 is 20.8 Å². The first-order chi connectivity index (χ1) is 11.7. The summed E-state index contributed by atoms with van der Waals surface area (Å²) in [4.78, 5) is 32.6. The van der Waals surface area contributed by atoms with Crippen LogP contribution in [0.25, 0.3) is 0 Å². The van der Waals surface area contributed by atoms with Gasteiger partial charge in [-0.1, -0.05) is 52.2 Å². The maximum absolute atomic E-state index is 11.4. The highest BCUT2D eigenvalue weighted by molar-refractivity contribution is 7.96. The molecule has 0 bridgehead atoms. The van der Waals surface area contributed by atoms with Crippen molar-refractivity contribution >= 4 is 29.3 Å². The normalized spacial score (nSPS) is 11.8. The molecule has 1 aromatic carbocycles. The Morgan fingerprint density at radius 3 is 2.36 bits per heavy atom. The molecule has 0 amide bonds. The van der Waals surface area contributed by atoms with Crippen molar-refractivity contribution in [1.82, 2.24) is 0 Å². The number of nitrogens with zero attached hydrogens (tertiary/aromatic N) is 2. The minimum absolute atomic E-state index is 0.151. The standard InChI is InChI=1S/C16H22N2O6S/c1-4-5-6-7-8-10(2)12-9-13(17(20)21)11(3)14(18(22)23)15(12)24-16(19)25/h9-10H,4-8H2,1-3H3,(H,19,25). The first kappa shape index (κ1) is 20.9. The molecule has 0 aliphatic rings. The van der Waals surface area contributed by atoms with Crippen LogP contribution in [-0.4, -0.2) is 15.1 Å². The average Bonchev–Trinajstić information content (AvgIpc) is 2.50. The van der Waals surface area contributed by atoms with Gasteiger partial charge in [-0.3, -0.25) is 20.2 Å². The fourth-order valence-electron chi connectivity index (χ4n) is 2.75. The Labute approximate surface area is 151 Å². The molecule has 0 aliphatic carbocycles. The third kappa shape index (κ3) is 5.42. The maximum atomic E-state index is 11.4. The molecule has 0 radical (unpaired) electrons. The molecule has 8 nitrogen and oxygen atoms in total. The van der Waals surface area contributed by atoms with Crippen molar-refractivity contribution in [1.29, 1.82) is 0 Å². The molecule has 0 spiro atoms. The van der Waals surface area contributed by atoms with Gasteiger partial charge in [-0.05, 0) is 19.3 Å². The minimum Gasteiger partial charge on any atom is -0.411 e. The van der Waals surface area contributed by atoms with Gasteiger partial charge in [0.15, 0.2) is 0 Å². The Bertz CT molecular complexity index is 677. The summed E-state index contributed by atoms with van der Waals surface area (Å²) in [5.41, 5.74) is -0.794. The van der Waals surface area contributed by atoms with Crippen LogP contribution in [0.3, 0.4) is 0 Å². The van der Waals surface area contributed by atoms with Gasteiger partial charge in [0.2, 0.25) is 5.75 Å². The summed E-state index contributed by atoms with van der Waals surface area (Å²) in [6, 6.07) is 1.26. The van der Waals surface area contributed by atoms with Gasteiger partial charge in [-0.25, -0.2) is 4.79 Å². The van der Waals surface area contributed by atoms with Crippen LogP contribution in [0.15, 0.2) is 6.07 Å². The lowest BCUT2D eigenvalue weighted by Crippen LogP contribution is -2.09. The van der Waals surface area contributed by atoms with E-state index in [1.807, 2.05) is 0 Å². The third-order valence-electron chi connectivity index (χ3n) is 4.10. The number of benzene rings is 1. The van der Waals surface area contributed by atoms with Gasteiger partial charge in [0.1, 0.15) is 5.56 Å². The predicted molar refractivity (Wildman–Crippen MR) is 96.7 cm³/mol. The molecule has 9 heteroatoms. The SMILES string of the molecule is CCCCCCC(C)c1cc([N+](=O)[O-])c(C)c([N+](=O)[O-])c1OC(=O)S. The molecular formula is C16H22N2O6S. The highest BCUT2D eigenvalue weighted by atomic mass is 32.1. The number of ether oxygens (including phenoxy) is 1. The van der Waals surface area contributed by atoms with E-state index in [4.69, 9.17) is 4.74 Å². The zero-order chi connectivity index (χ0) is 19.1. The maximum Gasteiger partial charge on any atom is 0.369 e. The lowest BCUT2D eigenvalue weighted by molar-refractivity contribution is -0.395. The van der Waals surface area contributed by atoms with Gasteiger partial charge >= 0.3 is 11.0 Å². The van der Waals surface area contributed by atoms with Gasteiger partial charge in [-0.15, -0.1) is 0 Å². The second kappa shape index (κ2) is 9.36. The van der Waals surface area contributed by atoms with Gasteiger partial charge in [0.25, 0.3) is 5.69 Å². The van der Waals surface area contributed by atoms with Crippen molar-refractivity contribution in [2.75, 3.05) is 0 Å². The number of carbonyl (C=O) groups excluding carboxylic acids is 1. The van der Waals surface area contributed by atoms with Crippen LogP contribution in [0.4, 0.5) is 16.2 Å². The van der Waals surface area contributed by atoms with Crippen molar-refractivity contribution in [3.63, 3.8) is 0 Å². The molecule has 0 fully saturated rings. The minimum atomic E-state index is -1.00. The van der Waals surface area contributed by atoms with Gasteiger partial charge < -0.3 is 4.74 Å². The second-order valence-electron chi connectivity index (χ2n) is 5.92. The van der Waals surface area contributed by atoms with Crippen molar-refractivity contribution in [2.24, 2.45) is 0 Å². The van der Waals surface area contributed by atoms with E-state index in [9.17, 15) is 25.0 Å². The molecule has 0 aliphatic heterocycles. The number of hydrogen-bond acceptors (Lipinski definition) is 6. The lowest BCUT2D eigenvalue weighted by Gasteiger charge is -2.17. The molecule has 0 heterocycles. The number of rotatable bonds is 9. The molecule has 0 saturated heterocycles. The number of nitro benzene ring substituents is 2. The highest BCUT2D eigenvalue weighted by Crippen LogP contribution is 2.44. The second-order valence-corrected chi connectivity index (χ2v) is 6.29. The summed E-state index contributed by atoms with van der Waals surface area (Å²) in [5, 5.41) is 21.7. The van der Waals surface area contributed by atoms with Crippen LogP contribution in [0.2, 0.25) is 0 Å². The average molecular weight is 370 g/mol. The lowest BCUT2D eigenvalue weighted by atomic mass is 9.91. The van der Waals surface area contributed by atoms with Gasteiger partial charge in [-0.2, -0.15) is 0 Å². The molecular weight excluding hydrogens is 348 g/mol. The summed E-state index contributed by atoms with van der Waals surface area (Å²) in [6.07, 6.45) is 4.68. The van der Waals surface area contributed by atoms with Crippen molar-refractivity contribution in [3.8, 4) is 5.75 Å². The predicted octanol–water partition coefficient (Wildman–Crippen LogP) is 5.31. The monoisotopic (exact) mass is 370 g/mol. The van der Waals surface area contributed by atoms with Gasteiger partial charge in [0.05, 0.1) is 9.85 Å². The van der Waals surface area contributed by atoms with Crippen molar-refractivity contribution < 1.29 is 19.4 Å². The topological polar surface area (TPSA) is 113 Å². The van der Waals surface area contributed by atoms with Crippen molar-refractivity contribution in [2.45, 2.75) is 58.8 Å². The van der Waals surface area contributed by atoms with Crippen LogP contribution in [-0.2, 0) is 0 Å². The van der Waals surface area contributed by atoms with E-state index in [0.29, 0.717) is 6.42 Å². The summed E-state index contributed by atoms with van der Waals surface area (Å²) >= 11 is 3.52. The molecule has 0 saturated carbocycles. The smallest absolute Gasteiger partial charge is 0.369 e. The van der Waals surface area contributed by atoms with E-state index in [-0.39, 0.29) is 28.5 Å². The first-order valence-electron chi connectivity index (χ1n) is 8.07. The number of unbranched alkanes of at least 4 members (excludes halogenated alkanes) is 3. The molecule has 138 valence electrons. The van der Waals surface area contributed by atoms with Crippen LogP contribution in [0, 0.1) is 27.2 Å². The molecule has 1 atom stereocenters. The Hall–Kier alpha value is -2.16. The molecule has 1 unspecified atom stereocenters.